The number of nitrogens with zero attached hydrogens (tertiary/aromatic N) is 2. The summed E-state index contributed by atoms with van der Waals surface area (Å²) in [5.41, 5.74) is 2.69. The van der Waals surface area contributed by atoms with Crippen molar-refractivity contribution in [1.29, 1.82) is 0 Å². The first-order valence-corrected chi connectivity index (χ1v) is 10.5. The molecular formula is C23H30IN5O3. The predicted octanol–water partition coefficient (Wildman–Crippen LogP) is 4.91. The Morgan fingerprint density at radius 2 is 1.88 bits per heavy atom. The van der Waals surface area contributed by atoms with Crippen LogP contribution >= 0.6 is 24.0 Å². The van der Waals surface area contributed by atoms with E-state index in [1.54, 1.807) is 19.2 Å². The first kappa shape index (κ1) is 25.4. The van der Waals surface area contributed by atoms with Gasteiger partial charge in [0.05, 0.1) is 18.5 Å². The fourth-order valence-corrected chi connectivity index (χ4v) is 3.25. The van der Waals surface area contributed by atoms with Gasteiger partial charge in [-0.2, -0.15) is 0 Å². The molecule has 3 N–H and O–H groups in total. The SMILES string of the molecule is CCC(CC)c1cc(CNC(=NC)NCc2cccc(NC(=O)c3ccco3)c2)on1.I. The average molecular weight is 551 g/mol. The van der Waals surface area contributed by atoms with Crippen LogP contribution in [-0.4, -0.2) is 24.1 Å². The monoisotopic (exact) mass is 551 g/mol. The Kier molecular flexibility index (Phi) is 10.3. The van der Waals surface area contributed by atoms with Gasteiger partial charge in [-0.3, -0.25) is 9.79 Å². The third kappa shape index (κ3) is 7.11. The lowest BCUT2D eigenvalue weighted by atomic mass is 9.99. The lowest BCUT2D eigenvalue weighted by molar-refractivity contribution is 0.0996. The van der Waals surface area contributed by atoms with Crippen LogP contribution in [0.25, 0.3) is 0 Å². The fraction of sp³-hybridized carbons (Fsp3) is 0.348. The third-order valence-electron chi connectivity index (χ3n) is 5.02. The molecular weight excluding hydrogens is 521 g/mol. The third-order valence-corrected chi connectivity index (χ3v) is 5.02. The Morgan fingerprint density at radius 1 is 1.09 bits per heavy atom. The Morgan fingerprint density at radius 3 is 2.56 bits per heavy atom. The van der Waals surface area contributed by atoms with E-state index in [9.17, 15) is 4.79 Å². The minimum Gasteiger partial charge on any atom is -0.459 e. The number of hydrogen-bond acceptors (Lipinski definition) is 5. The molecule has 32 heavy (non-hydrogen) atoms. The zero-order chi connectivity index (χ0) is 22.1. The average Bonchev–Trinajstić information content (AvgIpc) is 3.48. The number of carbonyl (C=O) groups is 1. The van der Waals surface area contributed by atoms with E-state index in [0.29, 0.717) is 30.7 Å². The van der Waals surface area contributed by atoms with Gasteiger partial charge in [0.25, 0.3) is 5.91 Å². The van der Waals surface area contributed by atoms with Gasteiger partial charge in [0.15, 0.2) is 17.5 Å². The van der Waals surface area contributed by atoms with Crippen molar-refractivity contribution in [3.8, 4) is 0 Å². The number of hydrogen-bond donors (Lipinski definition) is 3. The molecule has 0 spiro atoms. The van der Waals surface area contributed by atoms with Gasteiger partial charge in [-0.05, 0) is 42.7 Å². The molecule has 0 atom stereocenters. The summed E-state index contributed by atoms with van der Waals surface area (Å²) in [6.45, 7) is 5.35. The second-order valence-corrected chi connectivity index (χ2v) is 7.14. The van der Waals surface area contributed by atoms with Crippen LogP contribution < -0.4 is 16.0 Å². The molecule has 1 aromatic carbocycles. The first-order valence-electron chi connectivity index (χ1n) is 10.5. The molecule has 0 unspecified atom stereocenters. The van der Waals surface area contributed by atoms with Crippen LogP contribution in [0.3, 0.4) is 0 Å². The molecule has 2 heterocycles. The predicted molar refractivity (Wildman–Crippen MR) is 135 cm³/mol. The minimum atomic E-state index is -0.285. The molecule has 0 aliphatic carbocycles. The molecule has 172 valence electrons. The van der Waals surface area contributed by atoms with E-state index < -0.39 is 0 Å². The smallest absolute Gasteiger partial charge is 0.291 e. The standard InChI is InChI=1S/C23H29N5O3.HI/c1-4-17(5-2)20-13-19(31-28-20)15-26-23(24-3)25-14-16-8-6-9-18(12-16)27-22(29)21-10-7-11-30-21;/h6-13,17H,4-5,14-15H2,1-3H3,(H,27,29)(H2,24,25,26);1H. The number of amides is 1. The summed E-state index contributed by atoms with van der Waals surface area (Å²) in [5.74, 6) is 1.83. The highest BCUT2D eigenvalue weighted by molar-refractivity contribution is 14.0. The van der Waals surface area contributed by atoms with Crippen molar-refractivity contribution in [2.75, 3.05) is 12.4 Å². The van der Waals surface area contributed by atoms with Crippen LogP contribution in [0.4, 0.5) is 5.69 Å². The Balaban J connectivity index is 0.00000363. The maximum Gasteiger partial charge on any atom is 0.291 e. The summed E-state index contributed by atoms with van der Waals surface area (Å²) in [7, 11) is 1.71. The molecule has 0 aliphatic rings. The van der Waals surface area contributed by atoms with Gasteiger partial charge in [0.1, 0.15) is 0 Å². The summed E-state index contributed by atoms with van der Waals surface area (Å²) in [4.78, 5) is 16.4. The van der Waals surface area contributed by atoms with Gasteiger partial charge in [-0.25, -0.2) is 0 Å². The minimum absolute atomic E-state index is 0. The number of rotatable bonds is 9. The number of aliphatic imine (C=N–C) groups is 1. The second-order valence-electron chi connectivity index (χ2n) is 7.14. The summed E-state index contributed by atoms with van der Waals surface area (Å²) < 4.78 is 10.6. The van der Waals surface area contributed by atoms with E-state index in [1.807, 2.05) is 30.3 Å². The zero-order valence-electron chi connectivity index (χ0n) is 18.6. The maximum atomic E-state index is 12.1. The molecule has 9 heteroatoms. The van der Waals surface area contributed by atoms with Gasteiger partial charge < -0.3 is 24.9 Å². The normalized spacial score (nSPS) is 11.2. The van der Waals surface area contributed by atoms with E-state index in [4.69, 9.17) is 8.94 Å². The lowest BCUT2D eigenvalue weighted by Crippen LogP contribution is -2.36. The van der Waals surface area contributed by atoms with E-state index in [0.717, 1.165) is 29.9 Å². The molecule has 0 saturated carbocycles. The largest absolute Gasteiger partial charge is 0.459 e. The van der Waals surface area contributed by atoms with Crippen molar-refractivity contribution in [1.82, 2.24) is 15.8 Å². The fourth-order valence-electron chi connectivity index (χ4n) is 3.25. The van der Waals surface area contributed by atoms with Gasteiger partial charge in [0, 0.05) is 31.3 Å². The van der Waals surface area contributed by atoms with Crippen molar-refractivity contribution in [3.05, 3.63) is 71.5 Å². The lowest BCUT2D eigenvalue weighted by Gasteiger charge is -2.12. The van der Waals surface area contributed by atoms with E-state index >= 15 is 0 Å². The summed E-state index contributed by atoms with van der Waals surface area (Å²) in [6, 6.07) is 12.9. The van der Waals surface area contributed by atoms with Crippen molar-refractivity contribution in [2.24, 2.45) is 4.99 Å². The highest BCUT2D eigenvalue weighted by atomic mass is 127. The van der Waals surface area contributed by atoms with Crippen LogP contribution in [0.5, 0.6) is 0 Å². The van der Waals surface area contributed by atoms with Gasteiger partial charge in [-0.1, -0.05) is 31.1 Å². The molecule has 0 aliphatic heterocycles. The highest BCUT2D eigenvalue weighted by Crippen LogP contribution is 2.22. The van der Waals surface area contributed by atoms with Gasteiger partial charge >= 0.3 is 0 Å². The molecule has 1 amide bonds. The topological polar surface area (TPSA) is 105 Å². The van der Waals surface area contributed by atoms with Crippen LogP contribution in [0, 0.1) is 0 Å². The molecule has 3 aromatic rings. The number of aromatic nitrogens is 1. The second kappa shape index (κ2) is 12.9. The molecule has 2 aromatic heterocycles. The van der Waals surface area contributed by atoms with Crippen LogP contribution in [0.2, 0.25) is 0 Å². The van der Waals surface area contributed by atoms with Gasteiger partial charge in [-0.15, -0.1) is 24.0 Å². The number of anilines is 1. The summed E-state index contributed by atoms with van der Waals surface area (Å²) in [6.07, 6.45) is 3.56. The number of benzene rings is 1. The van der Waals surface area contributed by atoms with Crippen LogP contribution in [0.15, 0.2) is 62.7 Å². The maximum absolute atomic E-state index is 12.1. The zero-order valence-corrected chi connectivity index (χ0v) is 20.9. The molecule has 0 radical (unpaired) electrons. The molecule has 0 bridgehead atoms. The quantitative estimate of drug-likeness (QED) is 0.199. The number of carbonyl (C=O) groups excluding carboxylic acids is 1. The summed E-state index contributed by atoms with van der Waals surface area (Å²) in [5, 5.41) is 13.5. The number of halogens is 1. The van der Waals surface area contributed by atoms with Crippen molar-refractivity contribution < 1.29 is 13.7 Å². The number of furan rings is 1. The van der Waals surface area contributed by atoms with E-state index in [1.165, 1.54) is 6.26 Å². The van der Waals surface area contributed by atoms with Gasteiger partial charge in [0.2, 0.25) is 0 Å². The molecule has 3 rings (SSSR count). The van der Waals surface area contributed by atoms with Crippen molar-refractivity contribution in [2.45, 2.75) is 45.7 Å². The van der Waals surface area contributed by atoms with Crippen LogP contribution in [0.1, 0.15) is 60.2 Å². The Labute approximate surface area is 205 Å². The van der Waals surface area contributed by atoms with Crippen molar-refractivity contribution in [3.63, 3.8) is 0 Å². The summed E-state index contributed by atoms with van der Waals surface area (Å²) >= 11 is 0. The molecule has 8 nitrogen and oxygen atoms in total. The number of guanidine groups is 1. The Hall–Kier alpha value is -2.82. The van der Waals surface area contributed by atoms with Crippen molar-refractivity contribution >= 4 is 41.5 Å². The van der Waals surface area contributed by atoms with E-state index in [2.05, 4.69) is 39.9 Å². The van der Waals surface area contributed by atoms with Crippen LogP contribution in [-0.2, 0) is 13.1 Å². The number of nitrogens with one attached hydrogen (secondary N) is 3. The Bertz CT molecular complexity index is 997. The molecule has 0 saturated heterocycles. The highest BCUT2D eigenvalue weighted by Gasteiger charge is 2.13. The molecule has 0 fully saturated rings. The van der Waals surface area contributed by atoms with E-state index in [-0.39, 0.29) is 35.6 Å². The first-order chi connectivity index (χ1) is 15.1.